The maximum absolute atomic E-state index is 14.2. The van der Waals surface area contributed by atoms with Gasteiger partial charge in [0.15, 0.2) is 0 Å². The summed E-state index contributed by atoms with van der Waals surface area (Å²) in [6.07, 6.45) is 3.60. The van der Waals surface area contributed by atoms with Crippen LogP contribution in [0.3, 0.4) is 0 Å². The smallest absolute Gasteiger partial charge is 0.272 e. The molecule has 1 spiro atoms. The lowest BCUT2D eigenvalue weighted by atomic mass is 9.83. The van der Waals surface area contributed by atoms with Crippen LogP contribution >= 0.6 is 11.6 Å². The minimum atomic E-state index is -0.826. The van der Waals surface area contributed by atoms with Gasteiger partial charge < -0.3 is 10.2 Å². The molecule has 0 radical (unpaired) electrons. The molecule has 180 valence electrons. The predicted molar refractivity (Wildman–Crippen MR) is 128 cm³/mol. The molecule has 34 heavy (non-hydrogen) atoms. The van der Waals surface area contributed by atoms with E-state index < -0.39 is 16.8 Å². The number of carbonyl (C=O) groups excluding carboxylic acids is 3. The number of halogens is 2. The van der Waals surface area contributed by atoms with Gasteiger partial charge in [-0.3, -0.25) is 19.3 Å². The molecule has 1 N–H and O–H groups in total. The summed E-state index contributed by atoms with van der Waals surface area (Å²) < 4.78 is 14.2. The number of pyridine rings is 1. The fraction of sp³-hybridized carbons (Fsp3) is 0.440. The van der Waals surface area contributed by atoms with E-state index in [1.54, 1.807) is 23.1 Å². The SMILES string of the molecule is CC(C)(C)N(CCNC=O)C(=O)c1ccc2c(n1)C1(CCCC1)C(=O)N2c1ccc(Cl)c(F)c1. The third kappa shape index (κ3) is 4.04. The van der Waals surface area contributed by atoms with Gasteiger partial charge in [0.25, 0.3) is 5.91 Å². The maximum atomic E-state index is 14.2. The average Bonchev–Trinajstić information content (AvgIpc) is 3.37. The molecule has 1 aliphatic heterocycles. The van der Waals surface area contributed by atoms with E-state index in [-0.39, 0.29) is 22.5 Å². The number of anilines is 2. The lowest BCUT2D eigenvalue weighted by molar-refractivity contribution is -0.122. The van der Waals surface area contributed by atoms with Crippen molar-refractivity contribution >= 4 is 41.2 Å². The third-order valence-electron chi connectivity index (χ3n) is 6.64. The molecule has 3 amide bonds. The quantitative estimate of drug-likeness (QED) is 0.486. The zero-order chi connectivity index (χ0) is 24.7. The van der Waals surface area contributed by atoms with Gasteiger partial charge in [0, 0.05) is 18.6 Å². The fourth-order valence-electron chi connectivity index (χ4n) is 4.95. The second kappa shape index (κ2) is 8.98. The summed E-state index contributed by atoms with van der Waals surface area (Å²) in [4.78, 5) is 45.8. The number of aromatic nitrogens is 1. The van der Waals surface area contributed by atoms with E-state index in [1.807, 2.05) is 20.8 Å². The molecular weight excluding hydrogens is 459 g/mol. The van der Waals surface area contributed by atoms with Crippen LogP contribution in [-0.4, -0.2) is 46.7 Å². The van der Waals surface area contributed by atoms with Gasteiger partial charge >= 0.3 is 0 Å². The first kappa shape index (κ1) is 24.1. The number of fused-ring (bicyclic) bond motifs is 2. The number of amides is 3. The van der Waals surface area contributed by atoms with Crippen molar-refractivity contribution in [3.8, 4) is 0 Å². The monoisotopic (exact) mass is 486 g/mol. The Morgan fingerprint density at radius 2 is 1.97 bits per heavy atom. The number of hydrogen-bond donors (Lipinski definition) is 1. The van der Waals surface area contributed by atoms with Crippen molar-refractivity contribution in [2.24, 2.45) is 0 Å². The molecule has 0 unspecified atom stereocenters. The van der Waals surface area contributed by atoms with Gasteiger partial charge in [0.2, 0.25) is 12.3 Å². The Kier molecular flexibility index (Phi) is 6.38. The number of rotatable bonds is 6. The number of nitrogens with one attached hydrogen (secondary N) is 1. The minimum Gasteiger partial charge on any atom is -0.357 e. The highest BCUT2D eigenvalue weighted by molar-refractivity contribution is 6.30. The van der Waals surface area contributed by atoms with Gasteiger partial charge in [0.1, 0.15) is 11.5 Å². The Labute approximate surface area is 203 Å². The zero-order valence-electron chi connectivity index (χ0n) is 19.5. The van der Waals surface area contributed by atoms with Gasteiger partial charge in [0.05, 0.1) is 27.5 Å². The summed E-state index contributed by atoms with van der Waals surface area (Å²) in [6, 6.07) is 7.61. The summed E-state index contributed by atoms with van der Waals surface area (Å²) in [5, 5.41) is 2.57. The van der Waals surface area contributed by atoms with E-state index in [4.69, 9.17) is 16.6 Å². The van der Waals surface area contributed by atoms with E-state index in [0.29, 0.717) is 49.4 Å². The number of hydrogen-bond acceptors (Lipinski definition) is 4. The Hall–Kier alpha value is -3.00. The molecule has 1 aromatic heterocycles. The molecule has 0 bridgehead atoms. The van der Waals surface area contributed by atoms with Crippen LogP contribution in [0.25, 0.3) is 0 Å². The van der Waals surface area contributed by atoms with Crippen molar-refractivity contribution in [2.45, 2.75) is 57.4 Å². The van der Waals surface area contributed by atoms with Crippen molar-refractivity contribution in [2.75, 3.05) is 18.0 Å². The van der Waals surface area contributed by atoms with Crippen LogP contribution in [0.1, 0.15) is 62.6 Å². The molecule has 2 heterocycles. The molecule has 4 rings (SSSR count). The Bertz CT molecular complexity index is 1140. The van der Waals surface area contributed by atoms with Crippen molar-refractivity contribution in [1.82, 2.24) is 15.2 Å². The summed E-state index contributed by atoms with van der Waals surface area (Å²) >= 11 is 5.86. The van der Waals surface area contributed by atoms with Crippen LogP contribution in [0.4, 0.5) is 15.8 Å². The van der Waals surface area contributed by atoms with Crippen LogP contribution in [0.2, 0.25) is 5.02 Å². The lowest BCUT2D eigenvalue weighted by Gasteiger charge is -2.35. The normalized spacial score (nSPS) is 16.6. The summed E-state index contributed by atoms with van der Waals surface area (Å²) in [5.74, 6) is -1.04. The first-order chi connectivity index (χ1) is 16.1. The standard InChI is InChI=1S/C25H28ClFN4O3/c1-24(2,3)30(13-12-28-15-32)22(33)19-8-9-20-21(29-19)25(10-4-5-11-25)23(34)31(20)16-6-7-17(26)18(27)14-16/h6-9,14-15H,4-5,10-13H2,1-3H3,(H,28,32). The lowest BCUT2D eigenvalue weighted by Crippen LogP contribution is -2.48. The molecule has 1 aromatic carbocycles. The topological polar surface area (TPSA) is 82.6 Å². The molecule has 0 saturated heterocycles. The number of nitrogens with zero attached hydrogens (tertiary/aromatic N) is 3. The first-order valence-corrected chi connectivity index (χ1v) is 11.8. The van der Waals surface area contributed by atoms with E-state index in [0.717, 1.165) is 12.8 Å². The molecule has 2 aromatic rings. The van der Waals surface area contributed by atoms with Gasteiger partial charge in [-0.1, -0.05) is 24.4 Å². The largest absolute Gasteiger partial charge is 0.357 e. The summed E-state index contributed by atoms with van der Waals surface area (Å²) in [5.41, 5.74) is 0.423. The Morgan fingerprint density at radius 1 is 1.26 bits per heavy atom. The first-order valence-electron chi connectivity index (χ1n) is 11.4. The average molecular weight is 487 g/mol. The molecule has 9 heteroatoms. The van der Waals surface area contributed by atoms with E-state index in [2.05, 4.69) is 5.32 Å². The van der Waals surface area contributed by atoms with Crippen molar-refractivity contribution in [3.05, 3.63) is 52.6 Å². The highest BCUT2D eigenvalue weighted by Gasteiger charge is 2.54. The molecule has 2 aliphatic rings. The molecule has 1 saturated carbocycles. The maximum Gasteiger partial charge on any atom is 0.272 e. The third-order valence-corrected chi connectivity index (χ3v) is 6.94. The molecule has 1 fully saturated rings. The zero-order valence-corrected chi connectivity index (χ0v) is 20.3. The van der Waals surface area contributed by atoms with Gasteiger partial charge in [-0.2, -0.15) is 0 Å². The van der Waals surface area contributed by atoms with Crippen LogP contribution < -0.4 is 10.2 Å². The Morgan fingerprint density at radius 3 is 2.59 bits per heavy atom. The van der Waals surface area contributed by atoms with Crippen molar-refractivity contribution in [3.63, 3.8) is 0 Å². The molecular formula is C25H28ClFN4O3. The van der Waals surface area contributed by atoms with Gasteiger partial charge in [-0.05, 0) is 63.9 Å². The molecule has 1 aliphatic carbocycles. The summed E-state index contributed by atoms with van der Waals surface area (Å²) in [7, 11) is 0. The predicted octanol–water partition coefficient (Wildman–Crippen LogP) is 4.35. The molecule has 7 nitrogen and oxygen atoms in total. The second-order valence-electron chi connectivity index (χ2n) is 9.79. The number of carbonyl (C=O) groups is 3. The van der Waals surface area contributed by atoms with E-state index in [1.165, 1.54) is 17.0 Å². The Balaban J connectivity index is 1.77. The van der Waals surface area contributed by atoms with Crippen molar-refractivity contribution in [1.29, 1.82) is 0 Å². The van der Waals surface area contributed by atoms with Crippen LogP contribution in [0.5, 0.6) is 0 Å². The highest BCUT2D eigenvalue weighted by Crippen LogP contribution is 2.52. The van der Waals surface area contributed by atoms with Crippen LogP contribution in [0.15, 0.2) is 30.3 Å². The minimum absolute atomic E-state index is 0.0170. The van der Waals surface area contributed by atoms with Crippen LogP contribution in [-0.2, 0) is 15.0 Å². The summed E-state index contributed by atoms with van der Waals surface area (Å²) in [6.45, 7) is 6.38. The van der Waals surface area contributed by atoms with Gasteiger partial charge in [-0.25, -0.2) is 9.37 Å². The molecule has 0 atom stereocenters. The fourth-order valence-corrected chi connectivity index (χ4v) is 5.07. The van der Waals surface area contributed by atoms with E-state index in [9.17, 15) is 18.8 Å². The number of benzene rings is 1. The van der Waals surface area contributed by atoms with Crippen LogP contribution in [0, 0.1) is 5.82 Å². The van der Waals surface area contributed by atoms with Crippen molar-refractivity contribution < 1.29 is 18.8 Å². The van der Waals surface area contributed by atoms with E-state index >= 15 is 0 Å². The second-order valence-corrected chi connectivity index (χ2v) is 10.2. The van der Waals surface area contributed by atoms with Gasteiger partial charge in [-0.15, -0.1) is 0 Å². The highest BCUT2D eigenvalue weighted by atomic mass is 35.5.